The van der Waals surface area contributed by atoms with Crippen LogP contribution in [-0.2, 0) is 4.74 Å². The first-order valence-corrected chi connectivity index (χ1v) is 7.80. The molecule has 1 aromatic heterocycles. The Labute approximate surface area is 132 Å². The van der Waals surface area contributed by atoms with Crippen molar-refractivity contribution in [2.24, 2.45) is 0 Å². The van der Waals surface area contributed by atoms with E-state index in [1.54, 1.807) is 0 Å². The Morgan fingerprint density at radius 1 is 1.36 bits per heavy atom. The van der Waals surface area contributed by atoms with Gasteiger partial charge in [0.1, 0.15) is 5.60 Å². The highest BCUT2D eigenvalue weighted by atomic mass is 16.6. The lowest BCUT2D eigenvalue weighted by Gasteiger charge is -2.26. The highest BCUT2D eigenvalue weighted by molar-refractivity contribution is 5.67. The number of alkyl carbamates (subject to hydrolysis) is 1. The predicted molar refractivity (Wildman–Crippen MR) is 86.1 cm³/mol. The number of anilines is 1. The van der Waals surface area contributed by atoms with Crippen molar-refractivity contribution in [3.8, 4) is 0 Å². The summed E-state index contributed by atoms with van der Waals surface area (Å²) in [5, 5.41) is 2.85. The Morgan fingerprint density at radius 3 is 2.59 bits per heavy atom. The molecule has 0 saturated carbocycles. The Kier molecular flexibility index (Phi) is 4.88. The molecule has 0 unspecified atom stereocenters. The molecule has 1 aliphatic heterocycles. The van der Waals surface area contributed by atoms with Gasteiger partial charge in [0.2, 0.25) is 5.95 Å². The molecule has 1 fully saturated rings. The van der Waals surface area contributed by atoms with Crippen LogP contribution in [0, 0.1) is 13.8 Å². The Balaban J connectivity index is 1.97. The summed E-state index contributed by atoms with van der Waals surface area (Å²) in [5.41, 5.74) is 1.46. The van der Waals surface area contributed by atoms with Crippen LogP contribution >= 0.6 is 0 Å². The molecule has 1 N–H and O–H groups in total. The second kappa shape index (κ2) is 6.50. The first-order valence-electron chi connectivity index (χ1n) is 7.80. The van der Waals surface area contributed by atoms with E-state index in [0.29, 0.717) is 6.54 Å². The van der Waals surface area contributed by atoms with Crippen LogP contribution in [0.25, 0.3) is 0 Å². The summed E-state index contributed by atoms with van der Waals surface area (Å²) < 4.78 is 5.28. The number of nitrogens with zero attached hydrogens (tertiary/aromatic N) is 3. The molecule has 1 atom stereocenters. The number of hydrogen-bond acceptors (Lipinski definition) is 5. The van der Waals surface area contributed by atoms with Gasteiger partial charge in [-0.25, -0.2) is 14.8 Å². The highest BCUT2D eigenvalue weighted by Gasteiger charge is 2.28. The Morgan fingerprint density at radius 2 is 2.00 bits per heavy atom. The lowest BCUT2D eigenvalue weighted by molar-refractivity contribution is 0.0525. The second-order valence-corrected chi connectivity index (χ2v) is 6.82. The molecule has 1 aliphatic rings. The quantitative estimate of drug-likeness (QED) is 0.929. The maximum Gasteiger partial charge on any atom is 0.407 e. The first kappa shape index (κ1) is 16.5. The zero-order valence-corrected chi connectivity index (χ0v) is 14.1. The van der Waals surface area contributed by atoms with Gasteiger partial charge >= 0.3 is 6.09 Å². The molecule has 1 aromatic rings. The number of carbonyl (C=O) groups is 1. The highest BCUT2D eigenvalue weighted by Crippen LogP contribution is 2.22. The molecule has 2 heterocycles. The van der Waals surface area contributed by atoms with Crippen LogP contribution in [0.1, 0.15) is 45.0 Å². The van der Waals surface area contributed by atoms with E-state index in [9.17, 15) is 4.79 Å². The summed E-state index contributed by atoms with van der Waals surface area (Å²) >= 11 is 0. The van der Waals surface area contributed by atoms with Crippen molar-refractivity contribution in [1.29, 1.82) is 0 Å². The Hall–Kier alpha value is -1.85. The molecule has 0 radical (unpaired) electrons. The summed E-state index contributed by atoms with van der Waals surface area (Å²) in [5.74, 6) is 0.756. The normalized spacial score (nSPS) is 18.4. The number of aryl methyl sites for hydroxylation is 2. The van der Waals surface area contributed by atoms with Crippen LogP contribution in [0.3, 0.4) is 0 Å². The minimum absolute atomic E-state index is 0.216. The number of rotatable bonds is 3. The zero-order chi connectivity index (χ0) is 16.3. The molecule has 6 heteroatoms. The molecule has 0 bridgehead atoms. The first-order chi connectivity index (χ1) is 10.2. The monoisotopic (exact) mass is 306 g/mol. The minimum Gasteiger partial charge on any atom is -0.444 e. The summed E-state index contributed by atoms with van der Waals surface area (Å²) in [4.78, 5) is 23.0. The van der Waals surface area contributed by atoms with Crippen molar-refractivity contribution in [3.05, 3.63) is 17.5 Å². The Bertz CT molecular complexity index is 519. The van der Waals surface area contributed by atoms with Gasteiger partial charge in [-0.15, -0.1) is 0 Å². The van der Waals surface area contributed by atoms with Gasteiger partial charge in [-0.2, -0.15) is 0 Å². The summed E-state index contributed by atoms with van der Waals surface area (Å²) in [6.45, 7) is 11.0. The third-order valence-corrected chi connectivity index (χ3v) is 3.49. The van der Waals surface area contributed by atoms with E-state index in [2.05, 4.69) is 20.2 Å². The second-order valence-electron chi connectivity index (χ2n) is 6.82. The minimum atomic E-state index is -0.476. The van der Waals surface area contributed by atoms with Gasteiger partial charge in [-0.3, -0.25) is 0 Å². The van der Waals surface area contributed by atoms with Crippen molar-refractivity contribution in [2.45, 2.75) is 59.1 Å². The summed E-state index contributed by atoms with van der Waals surface area (Å²) in [6.07, 6.45) is 1.73. The van der Waals surface area contributed by atoms with Gasteiger partial charge in [0.05, 0.1) is 0 Å². The fourth-order valence-corrected chi connectivity index (χ4v) is 2.66. The number of aromatic nitrogens is 2. The van der Waals surface area contributed by atoms with Crippen LogP contribution in [0.5, 0.6) is 0 Å². The number of ether oxygens (including phenoxy) is 1. The van der Waals surface area contributed by atoms with E-state index in [4.69, 9.17) is 4.74 Å². The molecular formula is C16H26N4O2. The van der Waals surface area contributed by atoms with Crippen molar-refractivity contribution < 1.29 is 9.53 Å². The summed E-state index contributed by atoms with van der Waals surface area (Å²) in [7, 11) is 0. The van der Waals surface area contributed by atoms with Crippen molar-refractivity contribution in [1.82, 2.24) is 15.3 Å². The van der Waals surface area contributed by atoms with Gasteiger partial charge in [0.25, 0.3) is 0 Å². The topological polar surface area (TPSA) is 67.4 Å². The molecule has 2 rings (SSSR count). The molecule has 1 saturated heterocycles. The van der Waals surface area contributed by atoms with Gasteiger partial charge in [0.15, 0.2) is 0 Å². The number of hydrogen-bond donors (Lipinski definition) is 1. The van der Waals surface area contributed by atoms with Crippen LogP contribution in [0.15, 0.2) is 6.07 Å². The standard InChI is InChI=1S/C16H26N4O2/c1-11-9-12(2)19-14(18-11)20-8-6-7-13(20)10-17-15(21)22-16(3,4)5/h9,13H,6-8,10H2,1-5H3,(H,17,21)/t13-/m0/s1. The van der Waals surface area contributed by atoms with Crippen LogP contribution in [0.4, 0.5) is 10.7 Å². The average molecular weight is 306 g/mol. The van der Waals surface area contributed by atoms with Crippen LogP contribution in [0.2, 0.25) is 0 Å². The average Bonchev–Trinajstić information content (AvgIpc) is 2.81. The third kappa shape index (κ3) is 4.58. The van der Waals surface area contributed by atoms with E-state index in [-0.39, 0.29) is 12.1 Å². The van der Waals surface area contributed by atoms with E-state index >= 15 is 0 Å². The smallest absolute Gasteiger partial charge is 0.407 e. The largest absolute Gasteiger partial charge is 0.444 e. The molecule has 1 amide bonds. The molecule has 0 spiro atoms. The third-order valence-electron chi connectivity index (χ3n) is 3.49. The molecule has 0 aliphatic carbocycles. The number of amides is 1. The fourth-order valence-electron chi connectivity index (χ4n) is 2.66. The lowest BCUT2D eigenvalue weighted by atomic mass is 10.2. The molecule has 22 heavy (non-hydrogen) atoms. The number of carbonyl (C=O) groups excluding carboxylic acids is 1. The maximum atomic E-state index is 11.8. The molecule has 6 nitrogen and oxygen atoms in total. The van der Waals surface area contributed by atoms with Crippen LogP contribution < -0.4 is 10.2 Å². The van der Waals surface area contributed by atoms with Gasteiger partial charge < -0.3 is 15.0 Å². The van der Waals surface area contributed by atoms with Crippen LogP contribution in [-0.4, -0.2) is 40.8 Å². The summed E-state index contributed by atoms with van der Waals surface area (Å²) in [6, 6.07) is 2.18. The lowest BCUT2D eigenvalue weighted by Crippen LogP contribution is -2.42. The molecule has 0 aromatic carbocycles. The van der Waals surface area contributed by atoms with Gasteiger partial charge in [-0.1, -0.05) is 0 Å². The van der Waals surface area contributed by atoms with Crippen molar-refractivity contribution >= 4 is 12.0 Å². The fraction of sp³-hybridized carbons (Fsp3) is 0.688. The maximum absolute atomic E-state index is 11.8. The number of nitrogens with one attached hydrogen (secondary N) is 1. The van der Waals surface area contributed by atoms with E-state index in [1.165, 1.54) is 0 Å². The van der Waals surface area contributed by atoms with Gasteiger partial charge in [0, 0.05) is 30.5 Å². The van der Waals surface area contributed by atoms with Gasteiger partial charge in [-0.05, 0) is 53.5 Å². The predicted octanol–water partition coefficient (Wildman–Crippen LogP) is 2.59. The molecule has 122 valence electrons. The van der Waals surface area contributed by atoms with Crippen molar-refractivity contribution in [2.75, 3.05) is 18.0 Å². The van der Waals surface area contributed by atoms with Crippen molar-refractivity contribution in [3.63, 3.8) is 0 Å². The molecular weight excluding hydrogens is 280 g/mol. The zero-order valence-electron chi connectivity index (χ0n) is 14.1. The SMILES string of the molecule is Cc1cc(C)nc(N2CCC[C@H]2CNC(=O)OC(C)(C)C)n1. The van der Waals surface area contributed by atoms with E-state index < -0.39 is 5.60 Å². The van der Waals surface area contributed by atoms with E-state index in [0.717, 1.165) is 36.7 Å². The van der Waals surface area contributed by atoms with E-state index in [1.807, 2.05) is 40.7 Å².